The summed E-state index contributed by atoms with van der Waals surface area (Å²) in [5.41, 5.74) is 0.383. The molecule has 0 aliphatic carbocycles. The van der Waals surface area contributed by atoms with Crippen molar-refractivity contribution in [1.82, 2.24) is 10.6 Å². The van der Waals surface area contributed by atoms with Crippen LogP contribution < -0.4 is 10.6 Å². The largest absolute Gasteiger partial charge is 0.454 e. The normalized spacial score (nSPS) is 11.7. The van der Waals surface area contributed by atoms with E-state index in [1.165, 1.54) is 0 Å². The van der Waals surface area contributed by atoms with Gasteiger partial charge in [0.2, 0.25) is 0 Å². The quantitative estimate of drug-likeness (QED) is 0.656. The molecule has 0 heterocycles. The summed E-state index contributed by atoms with van der Waals surface area (Å²) in [5.74, 6) is -0.872. The first-order chi connectivity index (χ1) is 11.8. The zero-order valence-electron chi connectivity index (χ0n) is 14.8. The van der Waals surface area contributed by atoms with Gasteiger partial charge in [0.05, 0.1) is 0 Å². The van der Waals surface area contributed by atoms with Gasteiger partial charge in [-0.2, -0.15) is 0 Å². The van der Waals surface area contributed by atoms with Crippen molar-refractivity contribution in [2.75, 3.05) is 13.2 Å². The molecule has 1 aromatic rings. The van der Waals surface area contributed by atoms with Gasteiger partial charge in [-0.1, -0.05) is 25.4 Å². The maximum Gasteiger partial charge on any atom is 0.325 e. The first-order valence-corrected chi connectivity index (χ1v) is 8.64. The highest BCUT2D eigenvalue weighted by Gasteiger charge is 2.12. The van der Waals surface area contributed by atoms with Crippen LogP contribution in [0.2, 0.25) is 5.02 Å². The Labute approximate surface area is 153 Å². The molecule has 2 N–H and O–H groups in total. The van der Waals surface area contributed by atoms with Gasteiger partial charge >= 0.3 is 5.97 Å². The highest BCUT2D eigenvalue weighted by Crippen LogP contribution is 2.09. The van der Waals surface area contributed by atoms with E-state index in [4.69, 9.17) is 16.3 Å². The molecule has 0 bridgehead atoms. The van der Waals surface area contributed by atoms with Crippen LogP contribution in [0.15, 0.2) is 24.3 Å². The monoisotopic (exact) mass is 368 g/mol. The number of ether oxygens (including phenoxy) is 1. The predicted octanol–water partition coefficient (Wildman–Crippen LogP) is 2.55. The molecule has 0 aromatic heterocycles. The summed E-state index contributed by atoms with van der Waals surface area (Å²) in [6.07, 6.45) is 1.88. The number of benzene rings is 1. The molecule has 0 spiro atoms. The van der Waals surface area contributed by atoms with E-state index >= 15 is 0 Å². The van der Waals surface area contributed by atoms with Crippen molar-refractivity contribution in [2.45, 2.75) is 39.7 Å². The van der Waals surface area contributed by atoms with Crippen molar-refractivity contribution in [3.8, 4) is 0 Å². The molecule has 0 saturated carbocycles. The third-order valence-corrected chi connectivity index (χ3v) is 3.70. The van der Waals surface area contributed by atoms with E-state index in [1.54, 1.807) is 24.3 Å². The molecule has 1 atom stereocenters. The zero-order chi connectivity index (χ0) is 18.8. The Hall–Kier alpha value is -2.08. The topological polar surface area (TPSA) is 84.5 Å². The van der Waals surface area contributed by atoms with Crippen molar-refractivity contribution in [3.05, 3.63) is 34.9 Å². The van der Waals surface area contributed by atoms with Crippen LogP contribution in [0.25, 0.3) is 0 Å². The van der Waals surface area contributed by atoms with Crippen LogP contribution in [-0.4, -0.2) is 37.0 Å². The Bertz CT molecular complexity index is 587. The van der Waals surface area contributed by atoms with Gasteiger partial charge in [-0.15, -0.1) is 0 Å². The van der Waals surface area contributed by atoms with Crippen LogP contribution in [-0.2, 0) is 14.3 Å². The SMILES string of the molecule is CC(C)CC[C@@H](C)NC(=O)COC(=O)CNC(=O)c1ccc(Cl)cc1. The van der Waals surface area contributed by atoms with Crippen LogP contribution in [0.1, 0.15) is 44.0 Å². The van der Waals surface area contributed by atoms with E-state index in [0.29, 0.717) is 16.5 Å². The summed E-state index contributed by atoms with van der Waals surface area (Å²) < 4.78 is 4.85. The van der Waals surface area contributed by atoms with Gasteiger partial charge in [0, 0.05) is 16.6 Å². The van der Waals surface area contributed by atoms with Crippen molar-refractivity contribution >= 4 is 29.4 Å². The second kappa shape index (κ2) is 10.7. The number of hydrogen-bond donors (Lipinski definition) is 2. The Morgan fingerprint density at radius 1 is 1.08 bits per heavy atom. The van der Waals surface area contributed by atoms with Gasteiger partial charge in [-0.25, -0.2) is 0 Å². The second-order valence-corrected chi connectivity index (χ2v) is 6.73. The molecule has 0 radical (unpaired) electrons. The minimum atomic E-state index is -0.674. The fraction of sp³-hybridized carbons (Fsp3) is 0.500. The summed E-state index contributed by atoms with van der Waals surface area (Å²) in [5, 5.41) is 5.72. The lowest BCUT2D eigenvalue weighted by atomic mass is 10.0. The number of hydrogen-bond acceptors (Lipinski definition) is 4. The van der Waals surface area contributed by atoms with Crippen molar-refractivity contribution in [3.63, 3.8) is 0 Å². The Kier molecular flexibility index (Phi) is 8.99. The number of carbonyl (C=O) groups excluding carboxylic acids is 3. The summed E-state index contributed by atoms with van der Waals surface area (Å²) in [7, 11) is 0. The molecule has 0 fully saturated rings. The van der Waals surface area contributed by atoms with E-state index in [-0.39, 0.29) is 25.1 Å². The van der Waals surface area contributed by atoms with Crippen LogP contribution in [0.5, 0.6) is 0 Å². The van der Waals surface area contributed by atoms with Gasteiger partial charge in [0.25, 0.3) is 11.8 Å². The molecule has 6 nitrogen and oxygen atoms in total. The molecular weight excluding hydrogens is 344 g/mol. The van der Waals surface area contributed by atoms with E-state index < -0.39 is 11.9 Å². The van der Waals surface area contributed by atoms with Crippen LogP contribution in [0.3, 0.4) is 0 Å². The molecule has 0 saturated heterocycles. The highest BCUT2D eigenvalue weighted by atomic mass is 35.5. The molecule has 1 aromatic carbocycles. The third kappa shape index (κ3) is 9.10. The van der Waals surface area contributed by atoms with E-state index in [2.05, 4.69) is 24.5 Å². The number of esters is 1. The molecular formula is C18H25ClN2O4. The zero-order valence-corrected chi connectivity index (χ0v) is 15.6. The van der Waals surface area contributed by atoms with E-state index in [1.807, 2.05) is 6.92 Å². The lowest BCUT2D eigenvalue weighted by Gasteiger charge is -2.15. The standard InChI is InChI=1S/C18H25ClN2O4/c1-12(2)4-5-13(3)21-16(22)11-25-17(23)10-20-18(24)14-6-8-15(19)9-7-14/h6-9,12-13H,4-5,10-11H2,1-3H3,(H,20,24)(H,21,22)/t13-/m1/s1. The van der Waals surface area contributed by atoms with Crippen LogP contribution in [0.4, 0.5) is 0 Å². The van der Waals surface area contributed by atoms with Gasteiger partial charge in [-0.05, 0) is 49.9 Å². The van der Waals surface area contributed by atoms with E-state index in [0.717, 1.165) is 12.8 Å². The minimum absolute atomic E-state index is 0.0261. The fourth-order valence-corrected chi connectivity index (χ4v) is 2.15. The lowest BCUT2D eigenvalue weighted by Crippen LogP contribution is -2.37. The predicted molar refractivity (Wildman–Crippen MR) is 96.4 cm³/mol. The average Bonchev–Trinajstić information content (AvgIpc) is 2.56. The summed E-state index contributed by atoms with van der Waals surface area (Å²) >= 11 is 5.74. The number of nitrogens with one attached hydrogen (secondary N) is 2. The second-order valence-electron chi connectivity index (χ2n) is 6.29. The summed E-state index contributed by atoms with van der Waals surface area (Å²) in [6.45, 7) is 5.48. The lowest BCUT2D eigenvalue weighted by molar-refractivity contribution is -0.147. The van der Waals surface area contributed by atoms with Crippen LogP contribution in [0, 0.1) is 5.92 Å². The first kappa shape index (κ1) is 21.0. The van der Waals surface area contributed by atoms with Gasteiger partial charge in [0.15, 0.2) is 6.61 Å². The minimum Gasteiger partial charge on any atom is -0.454 e. The van der Waals surface area contributed by atoms with E-state index in [9.17, 15) is 14.4 Å². The molecule has 1 rings (SSSR count). The number of carbonyl (C=O) groups is 3. The summed E-state index contributed by atoms with van der Waals surface area (Å²) in [6, 6.07) is 6.29. The molecule has 0 aliphatic heterocycles. The van der Waals surface area contributed by atoms with Crippen LogP contribution >= 0.6 is 11.6 Å². The van der Waals surface area contributed by atoms with Gasteiger partial charge < -0.3 is 15.4 Å². The number of rotatable bonds is 9. The number of halogens is 1. The molecule has 2 amide bonds. The molecule has 7 heteroatoms. The van der Waals surface area contributed by atoms with Gasteiger partial charge in [-0.3, -0.25) is 14.4 Å². The molecule has 138 valence electrons. The Balaban J connectivity index is 2.24. The summed E-state index contributed by atoms with van der Waals surface area (Å²) in [4.78, 5) is 35.1. The maximum absolute atomic E-state index is 11.8. The highest BCUT2D eigenvalue weighted by molar-refractivity contribution is 6.30. The van der Waals surface area contributed by atoms with Crippen molar-refractivity contribution in [1.29, 1.82) is 0 Å². The van der Waals surface area contributed by atoms with Crippen molar-refractivity contribution in [2.24, 2.45) is 5.92 Å². The maximum atomic E-state index is 11.8. The third-order valence-electron chi connectivity index (χ3n) is 3.45. The molecule has 0 aliphatic rings. The Morgan fingerprint density at radius 2 is 1.72 bits per heavy atom. The Morgan fingerprint density at radius 3 is 2.32 bits per heavy atom. The fourth-order valence-electron chi connectivity index (χ4n) is 2.02. The number of amides is 2. The smallest absolute Gasteiger partial charge is 0.325 e. The van der Waals surface area contributed by atoms with Crippen molar-refractivity contribution < 1.29 is 19.1 Å². The first-order valence-electron chi connectivity index (χ1n) is 8.26. The average molecular weight is 369 g/mol. The molecule has 0 unspecified atom stereocenters. The molecule has 25 heavy (non-hydrogen) atoms. The van der Waals surface area contributed by atoms with Gasteiger partial charge in [0.1, 0.15) is 6.54 Å².